The van der Waals surface area contributed by atoms with E-state index in [0.29, 0.717) is 6.04 Å². The van der Waals surface area contributed by atoms with Gasteiger partial charge in [0.1, 0.15) is 5.41 Å². The molecule has 0 saturated heterocycles. The van der Waals surface area contributed by atoms with Gasteiger partial charge in [-0.3, -0.25) is 4.90 Å². The zero-order valence-corrected chi connectivity index (χ0v) is 21.7. The molecule has 0 amide bonds. The number of benzene rings is 2. The van der Waals surface area contributed by atoms with E-state index < -0.39 is 11.7 Å². The third kappa shape index (κ3) is 4.79. The van der Waals surface area contributed by atoms with Gasteiger partial charge in [0.15, 0.2) is 23.0 Å². The Bertz CT molecular complexity index is 1040. The molecule has 6 heteroatoms. The number of hydrogen-bond acceptors (Lipinski definition) is 6. The maximum Gasteiger partial charge on any atom is 0.260 e. The van der Waals surface area contributed by atoms with Crippen LogP contribution >= 0.6 is 0 Å². The van der Waals surface area contributed by atoms with Crippen LogP contribution in [0.1, 0.15) is 57.1 Å². The summed E-state index contributed by atoms with van der Waals surface area (Å²) in [5.74, 6) is 3.22. The summed E-state index contributed by atoms with van der Waals surface area (Å²) in [4.78, 5) is 2.41. The average molecular weight is 479 g/mol. The van der Waals surface area contributed by atoms with E-state index in [1.165, 1.54) is 11.1 Å². The van der Waals surface area contributed by atoms with Crippen molar-refractivity contribution in [2.45, 2.75) is 71.2 Å². The van der Waals surface area contributed by atoms with E-state index in [1.54, 1.807) is 14.2 Å². The zero-order valence-electron chi connectivity index (χ0n) is 21.7. The van der Waals surface area contributed by atoms with Crippen LogP contribution in [-0.2, 0) is 13.0 Å². The molecule has 188 valence electrons. The van der Waals surface area contributed by atoms with Gasteiger partial charge in [-0.2, -0.15) is 5.26 Å². The van der Waals surface area contributed by atoms with Gasteiger partial charge in [-0.25, -0.2) is 0 Å². The van der Waals surface area contributed by atoms with Crippen molar-refractivity contribution >= 4 is 0 Å². The summed E-state index contributed by atoms with van der Waals surface area (Å²) in [6, 6.07) is 15.0. The molecule has 6 nitrogen and oxygen atoms in total. The largest absolute Gasteiger partial charge is 0.493 e. The smallest absolute Gasteiger partial charge is 0.260 e. The lowest BCUT2D eigenvalue weighted by Crippen LogP contribution is -2.46. The van der Waals surface area contributed by atoms with E-state index in [0.717, 1.165) is 68.1 Å². The third-order valence-electron chi connectivity index (χ3n) is 7.99. The Morgan fingerprint density at radius 3 is 2.20 bits per heavy atom. The van der Waals surface area contributed by atoms with Crippen LogP contribution in [0.2, 0.25) is 0 Å². The molecule has 2 heterocycles. The number of ether oxygens (including phenoxy) is 4. The molecule has 0 saturated carbocycles. The van der Waals surface area contributed by atoms with Gasteiger partial charge in [0.2, 0.25) is 0 Å². The van der Waals surface area contributed by atoms with Crippen molar-refractivity contribution in [3.8, 4) is 29.1 Å². The van der Waals surface area contributed by atoms with Crippen LogP contribution in [0, 0.1) is 22.7 Å². The molecule has 2 aliphatic heterocycles. The summed E-state index contributed by atoms with van der Waals surface area (Å²) in [6.07, 6.45) is 4.91. The SMILES string of the molecule is CCC(CC)C(C#N)(CCCC1Cc2cc(OC)c(OC)cc2CN1C)C1Oc2ccccc2O1. The van der Waals surface area contributed by atoms with Gasteiger partial charge in [-0.05, 0) is 74.0 Å². The minimum Gasteiger partial charge on any atom is -0.493 e. The quantitative estimate of drug-likeness (QED) is 0.419. The maximum atomic E-state index is 10.5. The van der Waals surface area contributed by atoms with Crippen LogP contribution in [0.3, 0.4) is 0 Å². The van der Waals surface area contributed by atoms with Crippen LogP contribution < -0.4 is 18.9 Å². The Morgan fingerprint density at radius 1 is 1.06 bits per heavy atom. The van der Waals surface area contributed by atoms with Crippen molar-refractivity contribution in [2.75, 3.05) is 21.3 Å². The summed E-state index contributed by atoms with van der Waals surface area (Å²) >= 11 is 0. The number of nitrogens with zero attached hydrogens (tertiary/aromatic N) is 2. The molecule has 2 aromatic carbocycles. The van der Waals surface area contributed by atoms with Gasteiger partial charge in [0, 0.05) is 12.6 Å². The highest BCUT2D eigenvalue weighted by molar-refractivity contribution is 5.48. The first kappa shape index (κ1) is 25.2. The van der Waals surface area contributed by atoms with Crippen molar-refractivity contribution in [2.24, 2.45) is 11.3 Å². The van der Waals surface area contributed by atoms with Crippen molar-refractivity contribution < 1.29 is 18.9 Å². The molecular weight excluding hydrogens is 440 g/mol. The van der Waals surface area contributed by atoms with E-state index >= 15 is 0 Å². The van der Waals surface area contributed by atoms with Crippen LogP contribution in [0.15, 0.2) is 36.4 Å². The summed E-state index contributed by atoms with van der Waals surface area (Å²) in [5.41, 5.74) is 1.91. The van der Waals surface area contributed by atoms with E-state index in [9.17, 15) is 5.26 Å². The number of methoxy groups -OCH3 is 2. The molecule has 2 aliphatic rings. The van der Waals surface area contributed by atoms with Crippen molar-refractivity contribution in [3.05, 3.63) is 47.5 Å². The highest BCUT2D eigenvalue weighted by atomic mass is 16.7. The van der Waals surface area contributed by atoms with E-state index in [2.05, 4.69) is 44.0 Å². The fraction of sp³-hybridized carbons (Fsp3) is 0.552. The Balaban J connectivity index is 1.49. The third-order valence-corrected chi connectivity index (χ3v) is 7.99. The monoisotopic (exact) mass is 478 g/mol. The summed E-state index contributed by atoms with van der Waals surface area (Å²) in [7, 11) is 5.54. The number of fused-ring (bicyclic) bond motifs is 2. The molecule has 2 unspecified atom stereocenters. The van der Waals surface area contributed by atoms with Crippen molar-refractivity contribution in [3.63, 3.8) is 0 Å². The maximum absolute atomic E-state index is 10.5. The highest BCUT2D eigenvalue weighted by Crippen LogP contribution is 2.48. The van der Waals surface area contributed by atoms with Gasteiger partial charge >= 0.3 is 0 Å². The van der Waals surface area contributed by atoms with Gasteiger partial charge in [0.05, 0.1) is 20.3 Å². The molecule has 0 N–H and O–H groups in total. The minimum atomic E-state index is -0.690. The molecular formula is C29H38N2O4. The molecule has 0 radical (unpaired) electrons. The summed E-state index contributed by atoms with van der Waals surface area (Å²) < 4.78 is 23.5. The predicted molar refractivity (Wildman–Crippen MR) is 136 cm³/mol. The standard InChI is InChI=1S/C29H38N2O4/c1-6-22(7-2)29(19-30,28-34-24-12-8-9-13-25(24)35-28)14-10-11-23-15-20-16-26(32-4)27(33-5)17-21(20)18-31(23)3/h8-9,12-13,16-17,22-23,28H,6-7,10-11,14-15,18H2,1-5H3. The fourth-order valence-corrected chi connectivity index (χ4v) is 5.90. The number of nitriles is 1. The Labute approximate surface area is 209 Å². The second-order valence-electron chi connectivity index (χ2n) is 9.82. The van der Waals surface area contributed by atoms with Crippen LogP contribution in [0.4, 0.5) is 0 Å². The van der Waals surface area contributed by atoms with E-state index in [-0.39, 0.29) is 5.92 Å². The Morgan fingerprint density at radius 2 is 1.66 bits per heavy atom. The van der Waals surface area contributed by atoms with Crippen LogP contribution in [-0.4, -0.2) is 38.5 Å². The first-order valence-corrected chi connectivity index (χ1v) is 12.8. The second kappa shape index (κ2) is 10.8. The fourth-order valence-electron chi connectivity index (χ4n) is 5.90. The first-order valence-electron chi connectivity index (χ1n) is 12.8. The first-order chi connectivity index (χ1) is 17.0. The average Bonchev–Trinajstić information content (AvgIpc) is 3.32. The second-order valence-corrected chi connectivity index (χ2v) is 9.82. The number of likely N-dealkylation sites (N-methyl/N-ethyl adjacent to an activating group) is 1. The number of para-hydroxylation sites is 2. The van der Waals surface area contributed by atoms with Crippen molar-refractivity contribution in [1.82, 2.24) is 4.90 Å². The highest BCUT2D eigenvalue weighted by Gasteiger charge is 2.50. The number of rotatable bonds is 10. The normalized spacial score (nSPS) is 19.2. The minimum absolute atomic E-state index is 0.202. The lowest BCUT2D eigenvalue weighted by Gasteiger charge is -2.38. The summed E-state index contributed by atoms with van der Waals surface area (Å²) in [6.45, 7) is 5.20. The van der Waals surface area contributed by atoms with Gasteiger partial charge in [-0.1, -0.05) is 38.8 Å². The molecule has 35 heavy (non-hydrogen) atoms. The van der Waals surface area contributed by atoms with E-state index in [1.807, 2.05) is 24.3 Å². The molecule has 0 bridgehead atoms. The van der Waals surface area contributed by atoms with Crippen LogP contribution in [0.25, 0.3) is 0 Å². The molecule has 0 spiro atoms. The molecule has 0 aromatic heterocycles. The van der Waals surface area contributed by atoms with Crippen LogP contribution in [0.5, 0.6) is 23.0 Å². The molecule has 2 atom stereocenters. The van der Waals surface area contributed by atoms with E-state index in [4.69, 9.17) is 18.9 Å². The van der Waals surface area contributed by atoms with Crippen molar-refractivity contribution in [1.29, 1.82) is 5.26 Å². The number of hydrogen-bond donors (Lipinski definition) is 0. The lowest BCUT2D eigenvalue weighted by molar-refractivity contribution is -0.0742. The molecule has 2 aromatic rings. The molecule has 4 rings (SSSR count). The topological polar surface area (TPSA) is 64.0 Å². The van der Waals surface area contributed by atoms with Gasteiger partial charge < -0.3 is 18.9 Å². The zero-order chi connectivity index (χ0) is 25.0. The molecule has 0 fully saturated rings. The Kier molecular flexibility index (Phi) is 7.76. The lowest BCUT2D eigenvalue weighted by atomic mass is 9.69. The molecule has 0 aliphatic carbocycles. The summed E-state index contributed by atoms with van der Waals surface area (Å²) in [5, 5.41) is 10.5. The van der Waals surface area contributed by atoms with Gasteiger partial charge in [0.25, 0.3) is 6.29 Å². The van der Waals surface area contributed by atoms with Gasteiger partial charge in [-0.15, -0.1) is 0 Å². The predicted octanol–water partition coefficient (Wildman–Crippen LogP) is 5.97. The Hall–Kier alpha value is -2.91.